The van der Waals surface area contributed by atoms with Crippen LogP contribution in [0.25, 0.3) is 0 Å². The topological polar surface area (TPSA) is 51.0 Å². The molecule has 4 nitrogen and oxygen atoms in total. The summed E-state index contributed by atoms with van der Waals surface area (Å²) in [5.41, 5.74) is 1.27. The molecule has 1 aliphatic rings. The van der Waals surface area contributed by atoms with Gasteiger partial charge in [-0.3, -0.25) is 0 Å². The van der Waals surface area contributed by atoms with E-state index in [-0.39, 0.29) is 5.41 Å². The first-order valence-corrected chi connectivity index (χ1v) is 7.44. The molecule has 0 bridgehead atoms. The highest BCUT2D eigenvalue weighted by atomic mass is 16.5. The highest BCUT2D eigenvalue weighted by Crippen LogP contribution is 2.44. The van der Waals surface area contributed by atoms with Gasteiger partial charge < -0.3 is 9.84 Å². The van der Waals surface area contributed by atoms with Gasteiger partial charge in [-0.15, -0.1) is 0 Å². The zero-order valence-electron chi connectivity index (χ0n) is 11.9. The molecule has 0 spiro atoms. The van der Waals surface area contributed by atoms with Crippen LogP contribution in [0, 0.1) is 0 Å². The lowest BCUT2D eigenvalue weighted by molar-refractivity contribution is 0.353. The van der Waals surface area contributed by atoms with E-state index in [1.165, 1.54) is 18.4 Å². The average molecular weight is 271 g/mol. The smallest absolute Gasteiger partial charge is 0.240 e. The number of benzene rings is 1. The van der Waals surface area contributed by atoms with Crippen LogP contribution < -0.4 is 5.32 Å². The molecule has 1 aromatic heterocycles. The van der Waals surface area contributed by atoms with Crippen molar-refractivity contribution in [3.8, 4) is 0 Å². The molecule has 0 aliphatic heterocycles. The first-order valence-electron chi connectivity index (χ1n) is 7.44. The third-order valence-corrected chi connectivity index (χ3v) is 4.21. The molecule has 106 valence electrons. The first-order chi connectivity index (χ1) is 9.85. The zero-order valence-corrected chi connectivity index (χ0v) is 11.9. The lowest BCUT2D eigenvalue weighted by Crippen LogP contribution is -2.25. The van der Waals surface area contributed by atoms with Gasteiger partial charge in [-0.1, -0.05) is 55.3 Å². The van der Waals surface area contributed by atoms with Crippen molar-refractivity contribution in [1.82, 2.24) is 15.5 Å². The van der Waals surface area contributed by atoms with E-state index in [0.717, 1.165) is 25.2 Å². The standard InChI is InChI=1S/C16H21N3O/c1-2-17-12-14-18-15(19-20-14)16(10-6-7-11-16)13-8-4-3-5-9-13/h3-5,8-9,17H,2,6-7,10-12H2,1H3. The monoisotopic (exact) mass is 271 g/mol. The van der Waals surface area contributed by atoms with Gasteiger partial charge in [0.2, 0.25) is 5.89 Å². The number of nitrogens with zero attached hydrogens (tertiary/aromatic N) is 2. The van der Waals surface area contributed by atoms with E-state index >= 15 is 0 Å². The van der Waals surface area contributed by atoms with E-state index in [9.17, 15) is 0 Å². The van der Waals surface area contributed by atoms with Crippen molar-refractivity contribution in [1.29, 1.82) is 0 Å². The molecule has 1 fully saturated rings. The van der Waals surface area contributed by atoms with E-state index in [2.05, 4.69) is 52.7 Å². The number of aromatic nitrogens is 2. The normalized spacial score (nSPS) is 17.4. The van der Waals surface area contributed by atoms with Crippen molar-refractivity contribution in [2.24, 2.45) is 0 Å². The summed E-state index contributed by atoms with van der Waals surface area (Å²) in [6.07, 6.45) is 4.67. The predicted octanol–water partition coefficient (Wildman–Crippen LogP) is 3.04. The Balaban J connectivity index is 1.93. The van der Waals surface area contributed by atoms with Crippen LogP contribution >= 0.6 is 0 Å². The molecule has 0 radical (unpaired) electrons. The van der Waals surface area contributed by atoms with Crippen LogP contribution in [0.2, 0.25) is 0 Å². The van der Waals surface area contributed by atoms with Gasteiger partial charge >= 0.3 is 0 Å². The third-order valence-electron chi connectivity index (χ3n) is 4.21. The Labute approximate surface area is 119 Å². The van der Waals surface area contributed by atoms with Gasteiger partial charge in [0.1, 0.15) is 0 Å². The van der Waals surface area contributed by atoms with Crippen molar-refractivity contribution in [2.45, 2.75) is 44.6 Å². The summed E-state index contributed by atoms with van der Waals surface area (Å²) in [7, 11) is 0. The van der Waals surface area contributed by atoms with Crippen molar-refractivity contribution >= 4 is 0 Å². The third kappa shape index (κ3) is 2.36. The number of nitrogens with one attached hydrogen (secondary N) is 1. The largest absolute Gasteiger partial charge is 0.338 e. The maximum atomic E-state index is 5.40. The summed E-state index contributed by atoms with van der Waals surface area (Å²) in [4.78, 5) is 4.64. The molecule has 1 N–H and O–H groups in total. The van der Waals surface area contributed by atoms with Crippen LogP contribution in [0.1, 0.15) is 49.9 Å². The Bertz CT molecular complexity index is 544. The molecule has 2 aromatic rings. The minimum atomic E-state index is -0.0464. The van der Waals surface area contributed by atoms with Gasteiger partial charge in [-0.2, -0.15) is 4.98 Å². The van der Waals surface area contributed by atoms with Crippen LogP contribution in [0.4, 0.5) is 0 Å². The van der Waals surface area contributed by atoms with E-state index in [4.69, 9.17) is 4.52 Å². The Kier molecular flexibility index (Phi) is 3.83. The minimum absolute atomic E-state index is 0.0464. The van der Waals surface area contributed by atoms with E-state index in [1.54, 1.807) is 0 Å². The zero-order chi connectivity index (χ0) is 13.8. The molecule has 0 atom stereocenters. The van der Waals surface area contributed by atoms with E-state index in [0.29, 0.717) is 12.4 Å². The summed E-state index contributed by atoms with van der Waals surface area (Å²) < 4.78 is 5.40. The van der Waals surface area contributed by atoms with Crippen LogP contribution in [0.3, 0.4) is 0 Å². The molecule has 1 heterocycles. The second kappa shape index (κ2) is 5.75. The number of rotatable bonds is 5. The van der Waals surface area contributed by atoms with Gasteiger partial charge in [0, 0.05) is 0 Å². The van der Waals surface area contributed by atoms with Gasteiger partial charge in [0.25, 0.3) is 0 Å². The first kappa shape index (κ1) is 13.3. The Morgan fingerprint density at radius 1 is 1.20 bits per heavy atom. The lowest BCUT2D eigenvalue weighted by atomic mass is 9.78. The van der Waals surface area contributed by atoms with Crippen LogP contribution in [-0.2, 0) is 12.0 Å². The molecular weight excluding hydrogens is 250 g/mol. The summed E-state index contributed by atoms with van der Waals surface area (Å²) >= 11 is 0. The number of hydrogen-bond donors (Lipinski definition) is 1. The molecule has 4 heteroatoms. The van der Waals surface area contributed by atoms with Crippen molar-refractivity contribution < 1.29 is 4.52 Å². The second-order valence-electron chi connectivity index (χ2n) is 5.45. The second-order valence-corrected chi connectivity index (χ2v) is 5.45. The summed E-state index contributed by atoms with van der Waals surface area (Å²) in [5.74, 6) is 1.54. The molecular formula is C16H21N3O. The minimum Gasteiger partial charge on any atom is -0.338 e. The molecule has 0 saturated heterocycles. The maximum absolute atomic E-state index is 5.40. The van der Waals surface area contributed by atoms with Crippen LogP contribution in [-0.4, -0.2) is 16.7 Å². The van der Waals surface area contributed by atoms with Crippen molar-refractivity contribution in [3.05, 3.63) is 47.6 Å². The SMILES string of the molecule is CCNCc1nc(C2(c3ccccc3)CCCC2)no1. The van der Waals surface area contributed by atoms with Crippen molar-refractivity contribution in [2.75, 3.05) is 6.54 Å². The molecule has 20 heavy (non-hydrogen) atoms. The summed E-state index contributed by atoms with van der Waals surface area (Å²) in [5, 5.41) is 7.50. The Morgan fingerprint density at radius 3 is 2.65 bits per heavy atom. The predicted molar refractivity (Wildman–Crippen MR) is 77.4 cm³/mol. The average Bonchev–Trinajstić information content (AvgIpc) is 3.16. The molecule has 1 aromatic carbocycles. The quantitative estimate of drug-likeness (QED) is 0.908. The fraction of sp³-hybridized carbons (Fsp3) is 0.500. The molecule has 0 amide bonds. The molecule has 1 aliphatic carbocycles. The Hall–Kier alpha value is -1.68. The van der Waals surface area contributed by atoms with Crippen molar-refractivity contribution in [3.63, 3.8) is 0 Å². The van der Waals surface area contributed by atoms with Gasteiger partial charge in [-0.25, -0.2) is 0 Å². The lowest BCUT2D eigenvalue weighted by Gasteiger charge is -2.25. The van der Waals surface area contributed by atoms with E-state index < -0.39 is 0 Å². The maximum Gasteiger partial charge on any atom is 0.240 e. The fourth-order valence-corrected chi connectivity index (χ4v) is 3.13. The fourth-order valence-electron chi connectivity index (χ4n) is 3.13. The van der Waals surface area contributed by atoms with E-state index in [1.807, 2.05) is 0 Å². The van der Waals surface area contributed by atoms with Gasteiger partial charge in [0.05, 0.1) is 12.0 Å². The van der Waals surface area contributed by atoms with Crippen LogP contribution in [0.15, 0.2) is 34.9 Å². The molecule has 3 rings (SSSR count). The molecule has 0 unspecified atom stereocenters. The highest BCUT2D eigenvalue weighted by molar-refractivity contribution is 5.33. The Morgan fingerprint density at radius 2 is 1.95 bits per heavy atom. The van der Waals surface area contributed by atoms with Gasteiger partial charge in [0.15, 0.2) is 5.82 Å². The molecule has 1 saturated carbocycles. The highest BCUT2D eigenvalue weighted by Gasteiger charge is 2.41. The summed E-state index contributed by atoms with van der Waals surface area (Å²) in [6.45, 7) is 3.62. The van der Waals surface area contributed by atoms with Crippen LogP contribution in [0.5, 0.6) is 0 Å². The van der Waals surface area contributed by atoms with Gasteiger partial charge in [-0.05, 0) is 24.9 Å². The number of hydrogen-bond acceptors (Lipinski definition) is 4. The summed E-state index contributed by atoms with van der Waals surface area (Å²) in [6, 6.07) is 10.6.